The Labute approximate surface area is 155 Å². The van der Waals surface area contributed by atoms with Gasteiger partial charge in [-0.2, -0.15) is 0 Å². The Hall–Kier alpha value is -0.930. The van der Waals surface area contributed by atoms with E-state index in [0.717, 1.165) is 18.0 Å². The van der Waals surface area contributed by atoms with Crippen LogP contribution in [0.4, 0.5) is 0 Å². The van der Waals surface area contributed by atoms with Crippen molar-refractivity contribution in [3.8, 4) is 0 Å². The first kappa shape index (κ1) is 20.1. The minimum Gasteiger partial charge on any atom is -0.309 e. The summed E-state index contributed by atoms with van der Waals surface area (Å²) in [4.78, 5) is 3.45. The van der Waals surface area contributed by atoms with Crippen molar-refractivity contribution in [3.63, 3.8) is 0 Å². The number of nitrogens with zero attached hydrogens (tertiary/aromatic N) is 1. The lowest BCUT2D eigenvalue weighted by atomic mass is 9.96. The average Bonchev–Trinajstić information content (AvgIpc) is 2.52. The zero-order valence-electron chi connectivity index (χ0n) is 13.8. The van der Waals surface area contributed by atoms with Gasteiger partial charge < -0.3 is 4.90 Å². The summed E-state index contributed by atoms with van der Waals surface area (Å²) in [6.45, 7) is 1.03. The van der Waals surface area contributed by atoms with Gasteiger partial charge in [-0.05, 0) is 61.7 Å². The monoisotopic (exact) mass is 367 g/mol. The third kappa shape index (κ3) is 5.89. The zero-order chi connectivity index (χ0) is 15.9. The predicted molar refractivity (Wildman–Crippen MR) is 107 cm³/mol. The molecule has 2 aromatic carbocycles. The molecule has 2 rings (SSSR count). The number of benzene rings is 2. The van der Waals surface area contributed by atoms with Gasteiger partial charge >= 0.3 is 0 Å². The molecule has 0 spiro atoms. The van der Waals surface area contributed by atoms with Gasteiger partial charge in [0.1, 0.15) is 0 Å². The van der Waals surface area contributed by atoms with Crippen LogP contribution in [0.2, 0.25) is 5.02 Å². The maximum absolute atomic E-state index is 6.25. The highest BCUT2D eigenvalue weighted by Crippen LogP contribution is 2.33. The van der Waals surface area contributed by atoms with E-state index < -0.39 is 0 Å². The summed E-state index contributed by atoms with van der Waals surface area (Å²) >= 11 is 8.00. The maximum Gasteiger partial charge on any atom is 0.0412 e. The van der Waals surface area contributed by atoms with E-state index in [-0.39, 0.29) is 12.4 Å². The normalized spacial score (nSPS) is 11.4. The molecule has 23 heavy (non-hydrogen) atoms. The van der Waals surface area contributed by atoms with Gasteiger partial charge in [-0.1, -0.05) is 48.0 Å². The van der Waals surface area contributed by atoms with Gasteiger partial charge in [-0.25, -0.2) is 0 Å². The molecule has 0 saturated heterocycles. The van der Waals surface area contributed by atoms with Crippen LogP contribution in [0.25, 0.3) is 5.57 Å². The lowest BCUT2D eigenvalue weighted by molar-refractivity contribution is 0.417. The Kier molecular flexibility index (Phi) is 8.78. The third-order valence-electron chi connectivity index (χ3n) is 3.46. The summed E-state index contributed by atoms with van der Waals surface area (Å²) in [5.41, 5.74) is 3.71. The van der Waals surface area contributed by atoms with Gasteiger partial charge in [0.2, 0.25) is 0 Å². The second-order valence-electron chi connectivity index (χ2n) is 5.42. The fourth-order valence-electron chi connectivity index (χ4n) is 2.36. The molecule has 0 aliphatic carbocycles. The average molecular weight is 368 g/mol. The van der Waals surface area contributed by atoms with Crippen LogP contribution in [-0.2, 0) is 0 Å². The molecule has 2 aromatic rings. The highest BCUT2D eigenvalue weighted by Gasteiger charge is 2.10. The van der Waals surface area contributed by atoms with Gasteiger partial charge in [0.25, 0.3) is 0 Å². The number of hydrogen-bond donors (Lipinski definition) is 0. The fourth-order valence-corrected chi connectivity index (χ4v) is 3.12. The van der Waals surface area contributed by atoms with Crippen LogP contribution in [0.3, 0.4) is 0 Å². The molecule has 0 aliphatic rings. The Morgan fingerprint density at radius 2 is 1.83 bits per heavy atom. The first-order valence-electron chi connectivity index (χ1n) is 7.36. The molecule has 124 valence electrons. The van der Waals surface area contributed by atoms with E-state index in [4.69, 9.17) is 11.6 Å². The highest BCUT2D eigenvalue weighted by atomic mass is 35.5. The summed E-state index contributed by atoms with van der Waals surface area (Å²) in [7, 11) is 4.20. The number of thioether (sulfide) groups is 1. The van der Waals surface area contributed by atoms with Crippen LogP contribution in [0.1, 0.15) is 17.5 Å². The lowest BCUT2D eigenvalue weighted by Crippen LogP contribution is -2.12. The summed E-state index contributed by atoms with van der Waals surface area (Å²) in [6, 6.07) is 16.7. The van der Waals surface area contributed by atoms with Crippen LogP contribution < -0.4 is 0 Å². The number of hydrogen-bond acceptors (Lipinski definition) is 2. The molecular formula is C19H23Cl2NS. The van der Waals surface area contributed by atoms with Crippen molar-refractivity contribution < 1.29 is 0 Å². The van der Waals surface area contributed by atoms with Crippen molar-refractivity contribution >= 4 is 41.3 Å². The zero-order valence-corrected chi connectivity index (χ0v) is 16.1. The molecule has 1 nitrogen and oxygen atoms in total. The van der Waals surface area contributed by atoms with Crippen LogP contribution >= 0.6 is 35.8 Å². The summed E-state index contributed by atoms with van der Waals surface area (Å²) < 4.78 is 0. The fraction of sp³-hybridized carbons (Fsp3) is 0.263. The quantitative estimate of drug-likeness (QED) is 0.587. The second kappa shape index (κ2) is 10.0. The molecule has 0 amide bonds. The number of rotatable bonds is 6. The van der Waals surface area contributed by atoms with Gasteiger partial charge in [0.05, 0.1) is 0 Å². The van der Waals surface area contributed by atoms with E-state index in [2.05, 4.69) is 67.7 Å². The molecular weight excluding hydrogens is 345 g/mol. The number of halogens is 2. The topological polar surface area (TPSA) is 3.24 Å². The van der Waals surface area contributed by atoms with Crippen LogP contribution in [0.15, 0.2) is 59.5 Å². The molecule has 0 fully saturated rings. The van der Waals surface area contributed by atoms with Crippen molar-refractivity contribution in [3.05, 3.63) is 70.8 Å². The minimum atomic E-state index is 0. The minimum absolute atomic E-state index is 0. The molecule has 0 aromatic heterocycles. The Morgan fingerprint density at radius 3 is 2.43 bits per heavy atom. The van der Waals surface area contributed by atoms with Crippen LogP contribution in [-0.4, -0.2) is 31.8 Å². The molecule has 0 heterocycles. The molecule has 0 unspecified atom stereocenters. The first-order chi connectivity index (χ1) is 10.6. The molecule has 0 atom stereocenters. The Bertz CT molecular complexity index is 639. The summed E-state index contributed by atoms with van der Waals surface area (Å²) in [5, 5.41) is 0.780. The van der Waals surface area contributed by atoms with Gasteiger partial charge in [0, 0.05) is 16.5 Å². The Balaban J connectivity index is 0.00000264. The van der Waals surface area contributed by atoms with Crippen LogP contribution in [0, 0.1) is 0 Å². The summed E-state index contributed by atoms with van der Waals surface area (Å²) in [6.07, 6.45) is 5.44. The van der Waals surface area contributed by atoms with E-state index in [9.17, 15) is 0 Å². The SMILES string of the molecule is CSc1ccc(Cl)cc1C(=CCCN(C)C)c1ccccc1.Cl. The third-order valence-corrected chi connectivity index (χ3v) is 4.49. The van der Waals surface area contributed by atoms with E-state index in [1.54, 1.807) is 11.8 Å². The lowest BCUT2D eigenvalue weighted by Gasteiger charge is -2.14. The Morgan fingerprint density at radius 1 is 1.13 bits per heavy atom. The molecule has 0 saturated carbocycles. The van der Waals surface area contributed by atoms with E-state index >= 15 is 0 Å². The van der Waals surface area contributed by atoms with Gasteiger partial charge in [-0.15, -0.1) is 24.2 Å². The second-order valence-corrected chi connectivity index (χ2v) is 6.70. The largest absolute Gasteiger partial charge is 0.309 e. The molecule has 0 aliphatic heterocycles. The standard InChI is InChI=1S/C19H22ClNS.ClH/c1-21(2)13-7-10-17(15-8-5-4-6-9-15)18-14-16(20)11-12-19(18)22-3;/h4-6,8-12,14H,7,13H2,1-3H3;1H. The predicted octanol–water partition coefficient (Wildman–Crippen LogP) is 5.87. The highest BCUT2D eigenvalue weighted by molar-refractivity contribution is 7.98. The van der Waals surface area contributed by atoms with Gasteiger partial charge in [0.15, 0.2) is 0 Å². The first-order valence-corrected chi connectivity index (χ1v) is 8.96. The van der Waals surface area contributed by atoms with Crippen molar-refractivity contribution in [1.29, 1.82) is 0 Å². The van der Waals surface area contributed by atoms with Crippen molar-refractivity contribution in [1.82, 2.24) is 4.90 Å². The maximum atomic E-state index is 6.25. The van der Waals surface area contributed by atoms with Crippen molar-refractivity contribution in [2.24, 2.45) is 0 Å². The van der Waals surface area contributed by atoms with Crippen LogP contribution in [0.5, 0.6) is 0 Å². The van der Waals surface area contributed by atoms with E-state index in [1.807, 2.05) is 12.1 Å². The molecule has 0 radical (unpaired) electrons. The molecule has 0 bridgehead atoms. The van der Waals surface area contributed by atoms with E-state index in [1.165, 1.54) is 21.6 Å². The van der Waals surface area contributed by atoms with Crippen molar-refractivity contribution in [2.75, 3.05) is 26.9 Å². The van der Waals surface area contributed by atoms with E-state index in [0.29, 0.717) is 0 Å². The van der Waals surface area contributed by atoms with Crippen molar-refractivity contribution in [2.45, 2.75) is 11.3 Å². The molecule has 4 heteroatoms. The smallest absolute Gasteiger partial charge is 0.0412 e. The van der Waals surface area contributed by atoms with Gasteiger partial charge in [-0.3, -0.25) is 0 Å². The molecule has 0 N–H and O–H groups in total. The summed E-state index contributed by atoms with van der Waals surface area (Å²) in [5.74, 6) is 0.